The summed E-state index contributed by atoms with van der Waals surface area (Å²) in [5, 5.41) is 0. The first-order valence-electron chi connectivity index (χ1n) is 10.1. The van der Waals surface area contributed by atoms with E-state index < -0.39 is 5.97 Å². The Kier molecular flexibility index (Phi) is 8.04. The average Bonchev–Trinajstić information content (AvgIpc) is 2.87. The highest BCUT2D eigenvalue weighted by molar-refractivity contribution is 5.83. The molecule has 1 heterocycles. The second kappa shape index (κ2) is 10.3. The topological polar surface area (TPSA) is 29.5 Å². The van der Waals surface area contributed by atoms with Crippen LogP contribution in [-0.4, -0.2) is 25.2 Å². The fourth-order valence-corrected chi connectivity index (χ4v) is 3.44. The number of rotatable bonds is 6. The molecule has 1 aromatic rings. The molecule has 0 atom stereocenters. The predicted molar refractivity (Wildman–Crippen MR) is 115 cm³/mol. The van der Waals surface area contributed by atoms with Crippen molar-refractivity contribution in [3.63, 3.8) is 0 Å². The van der Waals surface area contributed by atoms with Crippen molar-refractivity contribution in [1.29, 1.82) is 0 Å². The number of ether oxygens (including phenoxy) is 1. The number of nitrogens with zero attached hydrogens (tertiary/aromatic N) is 1. The van der Waals surface area contributed by atoms with Crippen molar-refractivity contribution in [2.75, 3.05) is 18.1 Å². The third kappa shape index (κ3) is 5.82. The molecule has 0 unspecified atom stereocenters. The van der Waals surface area contributed by atoms with Crippen molar-refractivity contribution in [1.82, 2.24) is 0 Å². The molecule has 0 saturated heterocycles. The monoisotopic (exact) mass is 385 g/mol. The van der Waals surface area contributed by atoms with Gasteiger partial charge in [0.25, 0.3) is 0 Å². The molecule has 1 aliphatic rings. The molecule has 4 heteroatoms. The molecule has 1 aromatic carbocycles. The van der Waals surface area contributed by atoms with Crippen molar-refractivity contribution >= 4 is 17.2 Å². The van der Waals surface area contributed by atoms with Crippen LogP contribution < -0.4 is 4.90 Å². The van der Waals surface area contributed by atoms with Gasteiger partial charge < -0.3 is 9.64 Å². The third-order valence-corrected chi connectivity index (χ3v) is 5.02. The molecule has 0 aromatic heterocycles. The van der Waals surface area contributed by atoms with Crippen molar-refractivity contribution in [2.45, 2.75) is 59.9 Å². The van der Waals surface area contributed by atoms with Crippen molar-refractivity contribution in [3.05, 3.63) is 59.0 Å². The maximum absolute atomic E-state index is 14.7. The van der Waals surface area contributed by atoms with Gasteiger partial charge in [0.1, 0.15) is 5.83 Å². The van der Waals surface area contributed by atoms with Crippen LogP contribution in [-0.2, 0) is 16.0 Å². The lowest BCUT2D eigenvalue weighted by Crippen LogP contribution is -2.31. The molecule has 1 aliphatic heterocycles. The second-order valence-corrected chi connectivity index (χ2v) is 7.53. The van der Waals surface area contributed by atoms with Gasteiger partial charge in [-0.15, -0.1) is 0 Å². The largest absolute Gasteiger partial charge is 0.463 e. The van der Waals surface area contributed by atoms with Gasteiger partial charge in [-0.25, -0.2) is 9.18 Å². The van der Waals surface area contributed by atoms with E-state index in [1.807, 2.05) is 6.07 Å². The summed E-state index contributed by atoms with van der Waals surface area (Å²) >= 11 is 0. The maximum atomic E-state index is 14.7. The van der Waals surface area contributed by atoms with E-state index in [0.29, 0.717) is 23.8 Å². The van der Waals surface area contributed by atoms with E-state index in [1.54, 1.807) is 26.8 Å². The Morgan fingerprint density at radius 1 is 1.25 bits per heavy atom. The quantitative estimate of drug-likeness (QED) is 0.341. The number of esters is 1. The zero-order valence-electron chi connectivity index (χ0n) is 17.7. The number of halogens is 1. The van der Waals surface area contributed by atoms with Gasteiger partial charge in [0, 0.05) is 24.4 Å². The van der Waals surface area contributed by atoms with Crippen LogP contribution in [0, 0.1) is 0 Å². The molecule has 152 valence electrons. The molecular formula is C24H32FNO2. The lowest BCUT2D eigenvalue weighted by Gasteiger charge is -2.29. The van der Waals surface area contributed by atoms with Crippen LogP contribution in [0.1, 0.15) is 58.6 Å². The zero-order valence-corrected chi connectivity index (χ0v) is 17.7. The van der Waals surface area contributed by atoms with Gasteiger partial charge in [-0.05, 0) is 94.4 Å². The van der Waals surface area contributed by atoms with Crippen LogP contribution in [0.25, 0.3) is 5.57 Å². The Hall–Kier alpha value is -2.36. The molecule has 0 radical (unpaired) electrons. The van der Waals surface area contributed by atoms with E-state index in [-0.39, 0.29) is 5.83 Å². The van der Waals surface area contributed by atoms with Gasteiger partial charge in [0.05, 0.1) is 6.61 Å². The minimum Gasteiger partial charge on any atom is -0.463 e. The first kappa shape index (κ1) is 21.9. The molecule has 0 fully saturated rings. The van der Waals surface area contributed by atoms with Crippen molar-refractivity contribution < 1.29 is 13.9 Å². The lowest BCUT2D eigenvalue weighted by atomic mass is 9.99. The summed E-state index contributed by atoms with van der Waals surface area (Å²) in [6.07, 6.45) is 7.74. The number of allylic oxidation sites excluding steroid dienone is 5. The first-order valence-corrected chi connectivity index (χ1v) is 10.1. The molecule has 3 nitrogen and oxygen atoms in total. The second-order valence-electron chi connectivity index (χ2n) is 7.53. The van der Waals surface area contributed by atoms with E-state index in [1.165, 1.54) is 29.8 Å². The SMILES string of the molecule is CCOC(=O)C=C(C)C=CC(F)=C(C)c1ccc2c(c1)CCCCN2C(C)C. The predicted octanol–water partition coefficient (Wildman–Crippen LogP) is 6.00. The van der Waals surface area contributed by atoms with Gasteiger partial charge in [-0.3, -0.25) is 0 Å². The molecule has 0 spiro atoms. The van der Waals surface area contributed by atoms with Crippen LogP contribution in [0.5, 0.6) is 0 Å². The summed E-state index contributed by atoms with van der Waals surface area (Å²) < 4.78 is 19.5. The van der Waals surface area contributed by atoms with Gasteiger partial charge in [0.15, 0.2) is 0 Å². The van der Waals surface area contributed by atoms with Crippen LogP contribution in [0.15, 0.2) is 47.8 Å². The highest BCUT2D eigenvalue weighted by atomic mass is 19.1. The minimum absolute atomic E-state index is 0.300. The Morgan fingerprint density at radius 2 is 2.00 bits per heavy atom. The summed E-state index contributed by atoms with van der Waals surface area (Å²) in [6.45, 7) is 11.1. The van der Waals surface area contributed by atoms with E-state index in [4.69, 9.17) is 4.74 Å². The van der Waals surface area contributed by atoms with Crippen molar-refractivity contribution in [3.8, 4) is 0 Å². The summed E-state index contributed by atoms with van der Waals surface area (Å²) in [7, 11) is 0. The molecule has 0 aliphatic carbocycles. The number of hydrogen-bond acceptors (Lipinski definition) is 3. The number of aryl methyl sites for hydroxylation is 1. The van der Waals surface area contributed by atoms with Crippen LogP contribution >= 0.6 is 0 Å². The summed E-state index contributed by atoms with van der Waals surface area (Å²) in [5.74, 6) is -0.711. The molecule has 0 amide bonds. The average molecular weight is 386 g/mol. The number of carbonyl (C=O) groups is 1. The first-order chi connectivity index (χ1) is 13.3. The zero-order chi connectivity index (χ0) is 20.7. The normalized spacial score (nSPS) is 16.1. The highest BCUT2D eigenvalue weighted by Crippen LogP contribution is 2.31. The molecular weight excluding hydrogens is 353 g/mol. The smallest absolute Gasteiger partial charge is 0.330 e. The number of benzene rings is 1. The van der Waals surface area contributed by atoms with Gasteiger partial charge in [-0.2, -0.15) is 0 Å². The third-order valence-electron chi connectivity index (χ3n) is 5.02. The summed E-state index contributed by atoms with van der Waals surface area (Å²) in [4.78, 5) is 13.9. The Morgan fingerprint density at radius 3 is 2.68 bits per heavy atom. The molecule has 0 N–H and O–H groups in total. The van der Waals surface area contributed by atoms with E-state index >= 15 is 0 Å². The van der Waals surface area contributed by atoms with Gasteiger partial charge in [-0.1, -0.05) is 12.1 Å². The van der Waals surface area contributed by atoms with Crippen LogP contribution in [0.2, 0.25) is 0 Å². The summed E-state index contributed by atoms with van der Waals surface area (Å²) in [6, 6.07) is 6.71. The number of fused-ring (bicyclic) bond motifs is 1. The van der Waals surface area contributed by atoms with Crippen LogP contribution in [0.4, 0.5) is 10.1 Å². The molecule has 28 heavy (non-hydrogen) atoms. The van der Waals surface area contributed by atoms with E-state index in [2.05, 4.69) is 30.9 Å². The number of carbonyl (C=O) groups excluding carboxylic acids is 1. The Bertz CT molecular complexity index is 790. The van der Waals surface area contributed by atoms with Gasteiger partial charge >= 0.3 is 5.97 Å². The number of hydrogen-bond donors (Lipinski definition) is 0. The summed E-state index contributed by atoms with van der Waals surface area (Å²) in [5.41, 5.74) is 4.71. The fraction of sp³-hybridized carbons (Fsp3) is 0.458. The Balaban J connectivity index is 2.25. The Labute approximate surface area is 168 Å². The standard InChI is InChI=1S/C24H32FNO2/c1-6-28-24(27)15-18(4)10-12-22(25)19(5)20-11-13-23-21(16-20)9-7-8-14-26(23)17(2)3/h10-13,15-17H,6-9,14H2,1-5H3. The number of anilines is 1. The molecule has 0 bridgehead atoms. The van der Waals surface area contributed by atoms with Crippen LogP contribution in [0.3, 0.4) is 0 Å². The highest BCUT2D eigenvalue weighted by Gasteiger charge is 2.18. The maximum Gasteiger partial charge on any atom is 0.330 e. The molecule has 2 rings (SSSR count). The van der Waals surface area contributed by atoms with E-state index in [9.17, 15) is 9.18 Å². The van der Waals surface area contributed by atoms with E-state index in [0.717, 1.165) is 24.9 Å². The fourth-order valence-electron chi connectivity index (χ4n) is 3.44. The molecule has 0 saturated carbocycles. The minimum atomic E-state index is -0.411. The van der Waals surface area contributed by atoms with Crippen molar-refractivity contribution in [2.24, 2.45) is 0 Å². The van der Waals surface area contributed by atoms with Gasteiger partial charge in [0.2, 0.25) is 0 Å². The lowest BCUT2D eigenvalue weighted by molar-refractivity contribution is -0.137.